The van der Waals surface area contributed by atoms with Crippen molar-refractivity contribution in [3.05, 3.63) is 58.3 Å². The molecule has 1 atom stereocenters. The van der Waals surface area contributed by atoms with Crippen LogP contribution < -0.4 is 5.32 Å². The highest BCUT2D eigenvalue weighted by atomic mass is 16.3. The zero-order valence-corrected chi connectivity index (χ0v) is 18.7. The highest BCUT2D eigenvalue weighted by Gasteiger charge is 2.19. The summed E-state index contributed by atoms with van der Waals surface area (Å²) in [6, 6.07) is 5.85. The zero-order chi connectivity index (χ0) is 22.4. The van der Waals surface area contributed by atoms with Gasteiger partial charge in [0.25, 0.3) is 6.57 Å². The van der Waals surface area contributed by atoms with E-state index in [4.69, 9.17) is 11.6 Å². The van der Waals surface area contributed by atoms with Gasteiger partial charge in [-0.2, -0.15) is 5.10 Å². The van der Waals surface area contributed by atoms with Gasteiger partial charge in [0.05, 0.1) is 6.20 Å². The molecule has 162 valence electrons. The second-order valence-corrected chi connectivity index (χ2v) is 7.92. The van der Waals surface area contributed by atoms with E-state index in [1.54, 1.807) is 24.5 Å². The number of nitrogens with zero attached hydrogens (tertiary/aromatic N) is 4. The lowest BCUT2D eigenvalue weighted by Crippen LogP contribution is -2.46. The van der Waals surface area contributed by atoms with Gasteiger partial charge in [-0.1, -0.05) is 6.07 Å². The average molecular weight is 420 g/mol. The molecule has 31 heavy (non-hydrogen) atoms. The van der Waals surface area contributed by atoms with E-state index in [1.165, 1.54) is 12.8 Å². The van der Waals surface area contributed by atoms with E-state index in [2.05, 4.69) is 32.3 Å². The number of rotatable bonds is 5. The van der Waals surface area contributed by atoms with Crippen molar-refractivity contribution in [3.8, 4) is 23.4 Å². The Hall–Kier alpha value is -3.37. The van der Waals surface area contributed by atoms with Gasteiger partial charge in [0.1, 0.15) is 17.1 Å². The molecule has 1 saturated heterocycles. The molecule has 0 aliphatic carbocycles. The Bertz CT molecular complexity index is 1040. The Morgan fingerprint density at radius 1 is 1.32 bits per heavy atom. The molecule has 1 fully saturated rings. The lowest BCUT2D eigenvalue weighted by atomic mass is 10.0. The van der Waals surface area contributed by atoms with Gasteiger partial charge in [-0.25, -0.2) is 4.99 Å². The molecular formula is C24H31N6O+. The number of aromatic hydroxyl groups is 1. The predicted octanol–water partition coefficient (Wildman–Crippen LogP) is 4.48. The Morgan fingerprint density at radius 2 is 2.13 bits per heavy atom. The molecule has 1 aromatic heterocycles. The number of benzene rings is 1. The summed E-state index contributed by atoms with van der Waals surface area (Å²) in [6.45, 7) is 13.7. The van der Waals surface area contributed by atoms with Crippen molar-refractivity contribution in [1.29, 1.82) is 0 Å². The fourth-order valence-electron chi connectivity index (χ4n) is 3.67. The van der Waals surface area contributed by atoms with Crippen molar-refractivity contribution in [1.82, 2.24) is 20.4 Å². The third-order valence-electron chi connectivity index (χ3n) is 5.83. The molecule has 7 nitrogen and oxygen atoms in total. The van der Waals surface area contributed by atoms with E-state index in [0.29, 0.717) is 17.3 Å². The summed E-state index contributed by atoms with van der Waals surface area (Å²) in [5.41, 5.74) is 4.61. The quantitative estimate of drug-likeness (QED) is 0.379. The third-order valence-corrected chi connectivity index (χ3v) is 5.83. The number of hydrogen-bond donors (Lipinski definition) is 3. The van der Waals surface area contributed by atoms with Crippen LogP contribution in [0.15, 0.2) is 52.9 Å². The molecule has 0 amide bonds. The van der Waals surface area contributed by atoms with Crippen LogP contribution in [0.4, 0.5) is 0 Å². The van der Waals surface area contributed by atoms with Crippen molar-refractivity contribution >= 4 is 11.5 Å². The molecule has 3 N–H and O–H groups in total. The summed E-state index contributed by atoms with van der Waals surface area (Å²) < 4.78 is 0. The minimum Gasteiger partial charge on any atom is -0.507 e. The number of nitrogens with one attached hydrogen (secondary N) is 2. The Balaban J connectivity index is 1.83. The number of hydrogen-bond acceptors (Lipinski definition) is 4. The van der Waals surface area contributed by atoms with Gasteiger partial charge in [0.15, 0.2) is 0 Å². The number of aromatic nitrogens is 2. The Labute approximate surface area is 184 Å². The predicted molar refractivity (Wildman–Crippen MR) is 127 cm³/mol. The molecule has 2 heterocycles. The summed E-state index contributed by atoms with van der Waals surface area (Å²) in [5.74, 6) is 1.08. The van der Waals surface area contributed by atoms with Gasteiger partial charge in [0.2, 0.25) is 0 Å². The van der Waals surface area contributed by atoms with Crippen molar-refractivity contribution in [2.24, 2.45) is 4.99 Å². The molecule has 2 aromatic rings. The summed E-state index contributed by atoms with van der Waals surface area (Å²) in [5, 5.41) is 20.7. The highest BCUT2D eigenvalue weighted by Crippen LogP contribution is 2.32. The van der Waals surface area contributed by atoms with Gasteiger partial charge in [0, 0.05) is 43.2 Å². The number of piperidine rings is 1. The van der Waals surface area contributed by atoms with E-state index in [-0.39, 0.29) is 5.75 Å². The van der Waals surface area contributed by atoms with E-state index in [0.717, 1.165) is 41.3 Å². The number of phenolic OH excluding ortho intramolecular Hbond substituents is 1. The minimum absolute atomic E-state index is 0.105. The molecule has 1 aromatic carbocycles. The number of likely N-dealkylation sites (N-methyl/N-ethyl adjacent to an activating group) is 1. The Morgan fingerprint density at radius 3 is 2.74 bits per heavy atom. The summed E-state index contributed by atoms with van der Waals surface area (Å²) in [4.78, 5) is 10.9. The van der Waals surface area contributed by atoms with Gasteiger partial charge >= 0.3 is 5.70 Å². The maximum Gasteiger partial charge on any atom is 0.351 e. The first-order valence-corrected chi connectivity index (χ1v) is 10.5. The van der Waals surface area contributed by atoms with Crippen LogP contribution in [0.2, 0.25) is 0 Å². The lowest BCUT2D eigenvalue weighted by Gasteiger charge is -2.33. The van der Waals surface area contributed by atoms with Crippen LogP contribution in [-0.2, 0) is 0 Å². The van der Waals surface area contributed by atoms with Gasteiger partial charge in [-0.05, 0) is 68.3 Å². The van der Waals surface area contributed by atoms with Crippen LogP contribution in [0.1, 0.15) is 39.2 Å². The number of H-pyrrole nitrogens is 1. The first-order chi connectivity index (χ1) is 14.9. The SMILES string of the molecule is C#[N+]/C(=C\C(C)=C(/C)N=C(C)N(C)[C@H]1CCCNC1)c1ccc(-c2cn[nH]c2)cc1O. The molecule has 0 saturated carbocycles. The molecule has 0 radical (unpaired) electrons. The standard InChI is InChI=1S/C24H30N6O/c1-16(17(2)29-18(3)30(5)21-7-6-10-26-15-21)11-23(25-4)22-9-8-19(12-24(22)31)20-13-27-28-14-20/h4,8-9,11-14,21,26H,6-7,10,15H2,1-3,5H3,(H-,27,28,31)/p+1/b17-16+,23-11-,29-18?/t21-/m0/s1. The molecule has 7 heteroatoms. The topological polar surface area (TPSA) is 80.9 Å². The van der Waals surface area contributed by atoms with Crippen LogP contribution in [0, 0.1) is 6.57 Å². The van der Waals surface area contributed by atoms with Gasteiger partial charge in [-0.15, -0.1) is 0 Å². The number of amidine groups is 1. The summed E-state index contributed by atoms with van der Waals surface area (Å²) in [6.07, 6.45) is 7.68. The highest BCUT2D eigenvalue weighted by molar-refractivity contribution is 5.82. The van der Waals surface area contributed by atoms with E-state index in [1.807, 2.05) is 32.9 Å². The second kappa shape index (κ2) is 10.1. The average Bonchev–Trinajstić information content (AvgIpc) is 3.32. The molecule has 0 unspecified atom stereocenters. The fraction of sp³-hybridized carbons (Fsp3) is 0.375. The lowest BCUT2D eigenvalue weighted by molar-refractivity contribution is 0.292. The smallest absolute Gasteiger partial charge is 0.351 e. The second-order valence-electron chi connectivity index (χ2n) is 7.92. The monoisotopic (exact) mass is 419 g/mol. The van der Waals surface area contributed by atoms with Gasteiger partial charge < -0.3 is 15.3 Å². The third kappa shape index (κ3) is 5.41. The first-order valence-electron chi connectivity index (χ1n) is 10.5. The molecule has 1 aliphatic rings. The van der Waals surface area contributed by atoms with Crippen molar-refractivity contribution < 1.29 is 5.11 Å². The van der Waals surface area contributed by atoms with Crippen molar-refractivity contribution in [2.45, 2.75) is 39.7 Å². The van der Waals surface area contributed by atoms with Crippen LogP contribution >= 0.6 is 0 Å². The number of aliphatic imine (C=N–C) groups is 1. The number of allylic oxidation sites excluding steroid dienone is 3. The van der Waals surface area contributed by atoms with E-state index < -0.39 is 0 Å². The van der Waals surface area contributed by atoms with E-state index >= 15 is 0 Å². The maximum absolute atomic E-state index is 10.6. The maximum atomic E-state index is 10.6. The summed E-state index contributed by atoms with van der Waals surface area (Å²) >= 11 is 0. The van der Waals surface area contributed by atoms with Crippen molar-refractivity contribution in [2.75, 3.05) is 20.1 Å². The molecule has 1 aliphatic heterocycles. The number of phenols is 1. The normalized spacial score (nSPS) is 18.4. The van der Waals surface area contributed by atoms with Gasteiger partial charge in [-0.3, -0.25) is 5.10 Å². The minimum atomic E-state index is 0.105. The fourth-order valence-corrected chi connectivity index (χ4v) is 3.67. The zero-order valence-electron chi connectivity index (χ0n) is 18.7. The van der Waals surface area contributed by atoms with Crippen molar-refractivity contribution in [3.63, 3.8) is 0 Å². The van der Waals surface area contributed by atoms with E-state index in [9.17, 15) is 5.11 Å². The Kier molecular flexibility index (Phi) is 7.27. The van der Waals surface area contributed by atoms with Crippen LogP contribution in [0.5, 0.6) is 5.75 Å². The van der Waals surface area contributed by atoms with Crippen LogP contribution in [-0.4, -0.2) is 52.2 Å². The molecule has 3 rings (SSSR count). The summed E-state index contributed by atoms with van der Waals surface area (Å²) in [7, 11) is 2.09. The largest absolute Gasteiger partial charge is 0.507 e. The molecule has 0 spiro atoms. The first kappa shape index (κ1) is 22.3. The molecular weight excluding hydrogens is 388 g/mol. The van der Waals surface area contributed by atoms with Crippen LogP contribution in [0.25, 0.3) is 21.7 Å². The molecule has 0 bridgehead atoms. The number of aromatic amines is 1. The van der Waals surface area contributed by atoms with Crippen LogP contribution in [0.3, 0.4) is 0 Å².